The number of nitrogens with one attached hydrogen (secondary N) is 1. The van der Waals surface area contributed by atoms with Crippen LogP contribution in [0.3, 0.4) is 0 Å². The maximum Gasteiger partial charge on any atom is 0.360 e. The molecule has 0 spiro atoms. The molecule has 1 aromatic heterocycles. The second-order valence-electron chi connectivity index (χ2n) is 3.80. The van der Waals surface area contributed by atoms with E-state index in [0.29, 0.717) is 18.5 Å². The first-order chi connectivity index (χ1) is 8.91. The zero-order chi connectivity index (χ0) is 14.5. The molecule has 0 aliphatic rings. The van der Waals surface area contributed by atoms with Crippen molar-refractivity contribution >= 4 is 16.0 Å². The molecule has 0 saturated heterocycles. The van der Waals surface area contributed by atoms with Crippen molar-refractivity contribution in [3.8, 4) is 0 Å². The van der Waals surface area contributed by atoms with Gasteiger partial charge in [-0.25, -0.2) is 18.4 Å². The molecule has 0 bridgehead atoms. The van der Waals surface area contributed by atoms with Crippen molar-refractivity contribution in [1.82, 2.24) is 10.2 Å². The predicted octanol–water partition coefficient (Wildman–Crippen LogP) is -0.187. The molecule has 108 valence electrons. The number of nitrogens with two attached hydrogens (primary N) is 1. The van der Waals surface area contributed by atoms with Crippen LogP contribution in [-0.2, 0) is 25.9 Å². The van der Waals surface area contributed by atoms with Gasteiger partial charge < -0.3 is 9.47 Å². The second-order valence-corrected chi connectivity index (χ2v) is 5.30. The van der Waals surface area contributed by atoms with Gasteiger partial charge in [0.15, 0.2) is 5.69 Å². The van der Waals surface area contributed by atoms with E-state index in [1.807, 2.05) is 6.92 Å². The summed E-state index contributed by atoms with van der Waals surface area (Å²) in [4.78, 5) is 11.4. The number of primary sulfonamides is 1. The summed E-state index contributed by atoms with van der Waals surface area (Å²) in [5.74, 6) is -0.848. The molecule has 0 aliphatic heterocycles. The lowest BCUT2D eigenvalue weighted by molar-refractivity contribution is 0.0377. The molecule has 0 amide bonds. The fraction of sp³-hybridized carbons (Fsp3) is 0.600. The van der Waals surface area contributed by atoms with Crippen LogP contribution in [0.1, 0.15) is 29.5 Å². The minimum absolute atomic E-state index is 0.00929. The molecule has 1 aromatic rings. The Morgan fingerprint density at radius 3 is 2.63 bits per heavy atom. The molecule has 0 saturated carbocycles. The van der Waals surface area contributed by atoms with Gasteiger partial charge in [0.2, 0.25) is 10.0 Å². The fourth-order valence-electron chi connectivity index (χ4n) is 1.52. The summed E-state index contributed by atoms with van der Waals surface area (Å²) >= 11 is 0. The Hall–Kier alpha value is -1.45. The van der Waals surface area contributed by atoms with Crippen LogP contribution in [0.2, 0.25) is 0 Å². The Labute approximate surface area is 111 Å². The van der Waals surface area contributed by atoms with Gasteiger partial charge in [-0.1, -0.05) is 13.3 Å². The Morgan fingerprint density at radius 1 is 1.42 bits per heavy atom. The lowest BCUT2D eigenvalue weighted by atomic mass is 10.2. The van der Waals surface area contributed by atoms with E-state index in [1.54, 1.807) is 0 Å². The molecule has 1 rings (SSSR count). The number of hydrogen-bond acceptors (Lipinski definition) is 6. The highest BCUT2D eigenvalue weighted by atomic mass is 32.2. The Morgan fingerprint density at radius 2 is 2.11 bits per heavy atom. The van der Waals surface area contributed by atoms with Crippen molar-refractivity contribution in [2.24, 2.45) is 5.14 Å². The van der Waals surface area contributed by atoms with Gasteiger partial charge in [-0.3, -0.25) is 5.10 Å². The standard InChI is InChI=1S/C10H17N3O5S/c1-3-4-7-9(19(11,15)16)8(13-12-7)10(14)18-6-5-17-2/h3-6H2,1-2H3,(H,12,13)(H2,11,15,16). The number of ether oxygens (including phenoxy) is 2. The highest BCUT2D eigenvalue weighted by molar-refractivity contribution is 7.89. The number of aryl methyl sites for hydroxylation is 1. The van der Waals surface area contributed by atoms with Gasteiger partial charge in [0, 0.05) is 7.11 Å². The minimum atomic E-state index is -4.04. The normalized spacial score (nSPS) is 11.5. The number of carbonyl (C=O) groups is 1. The molecular formula is C10H17N3O5S. The van der Waals surface area contributed by atoms with Gasteiger partial charge in [-0.05, 0) is 6.42 Å². The summed E-state index contributed by atoms with van der Waals surface area (Å²) in [6, 6.07) is 0. The van der Waals surface area contributed by atoms with Crippen molar-refractivity contribution in [2.45, 2.75) is 24.7 Å². The molecule has 0 unspecified atom stereocenters. The van der Waals surface area contributed by atoms with Crippen LogP contribution in [0.15, 0.2) is 4.90 Å². The van der Waals surface area contributed by atoms with E-state index in [1.165, 1.54) is 7.11 Å². The summed E-state index contributed by atoms with van der Waals surface area (Å²) in [7, 11) is -2.59. The van der Waals surface area contributed by atoms with E-state index in [2.05, 4.69) is 10.2 Å². The quantitative estimate of drug-likeness (QED) is 0.530. The summed E-state index contributed by atoms with van der Waals surface area (Å²) in [5, 5.41) is 11.3. The van der Waals surface area contributed by atoms with Crippen LogP contribution in [0.5, 0.6) is 0 Å². The van der Waals surface area contributed by atoms with Gasteiger partial charge >= 0.3 is 5.97 Å². The van der Waals surface area contributed by atoms with Crippen molar-refractivity contribution in [2.75, 3.05) is 20.3 Å². The average molecular weight is 291 g/mol. The van der Waals surface area contributed by atoms with Crippen LogP contribution in [-0.4, -0.2) is 44.9 Å². The van der Waals surface area contributed by atoms with Crippen molar-refractivity contribution in [1.29, 1.82) is 0 Å². The van der Waals surface area contributed by atoms with E-state index in [4.69, 9.17) is 14.6 Å². The third-order valence-corrected chi connectivity index (χ3v) is 3.30. The predicted molar refractivity (Wildman–Crippen MR) is 66.1 cm³/mol. The zero-order valence-electron chi connectivity index (χ0n) is 10.8. The molecule has 1 heterocycles. The molecule has 0 atom stereocenters. The summed E-state index contributed by atoms with van der Waals surface area (Å²) in [6.07, 6.45) is 1.10. The second kappa shape index (κ2) is 6.64. The van der Waals surface area contributed by atoms with Crippen LogP contribution in [0.4, 0.5) is 0 Å². The lowest BCUT2D eigenvalue weighted by Crippen LogP contribution is -2.19. The summed E-state index contributed by atoms with van der Waals surface area (Å²) < 4.78 is 32.6. The van der Waals surface area contributed by atoms with Crippen molar-refractivity contribution < 1.29 is 22.7 Å². The molecule has 8 nitrogen and oxygen atoms in total. The molecule has 19 heavy (non-hydrogen) atoms. The molecular weight excluding hydrogens is 274 g/mol. The largest absolute Gasteiger partial charge is 0.458 e. The highest BCUT2D eigenvalue weighted by Crippen LogP contribution is 2.19. The smallest absolute Gasteiger partial charge is 0.360 e. The van der Waals surface area contributed by atoms with Gasteiger partial charge in [0.1, 0.15) is 11.5 Å². The number of carbonyl (C=O) groups excluding carboxylic acids is 1. The summed E-state index contributed by atoms with van der Waals surface area (Å²) in [5.41, 5.74) is -0.00857. The average Bonchev–Trinajstić information content (AvgIpc) is 2.73. The SMILES string of the molecule is CCCc1[nH]nc(C(=O)OCCOC)c1S(N)(=O)=O. The summed E-state index contributed by atoms with van der Waals surface area (Å²) in [6.45, 7) is 2.09. The van der Waals surface area contributed by atoms with E-state index in [9.17, 15) is 13.2 Å². The molecule has 0 aromatic carbocycles. The zero-order valence-corrected chi connectivity index (χ0v) is 11.6. The third kappa shape index (κ3) is 4.01. The highest BCUT2D eigenvalue weighted by Gasteiger charge is 2.27. The van der Waals surface area contributed by atoms with Crippen LogP contribution >= 0.6 is 0 Å². The first kappa shape index (κ1) is 15.6. The molecule has 0 radical (unpaired) electrons. The van der Waals surface area contributed by atoms with Crippen molar-refractivity contribution in [3.63, 3.8) is 0 Å². The number of rotatable bonds is 7. The molecule has 9 heteroatoms. The number of methoxy groups -OCH3 is 1. The van der Waals surface area contributed by atoms with E-state index < -0.39 is 16.0 Å². The van der Waals surface area contributed by atoms with E-state index >= 15 is 0 Å². The molecule has 3 N–H and O–H groups in total. The monoisotopic (exact) mass is 291 g/mol. The lowest BCUT2D eigenvalue weighted by Gasteiger charge is -2.04. The van der Waals surface area contributed by atoms with Gasteiger partial charge in [-0.2, -0.15) is 5.10 Å². The van der Waals surface area contributed by atoms with Gasteiger partial charge in [0.05, 0.1) is 12.3 Å². The van der Waals surface area contributed by atoms with Gasteiger partial charge in [-0.15, -0.1) is 0 Å². The number of aromatic nitrogens is 2. The number of nitrogens with zero attached hydrogens (tertiary/aromatic N) is 1. The number of aromatic amines is 1. The minimum Gasteiger partial charge on any atom is -0.458 e. The number of H-pyrrole nitrogens is 1. The fourth-order valence-corrected chi connectivity index (χ4v) is 2.41. The topological polar surface area (TPSA) is 124 Å². The maximum atomic E-state index is 11.7. The molecule has 0 fully saturated rings. The number of esters is 1. The van der Waals surface area contributed by atoms with E-state index in [0.717, 1.165) is 0 Å². The first-order valence-electron chi connectivity index (χ1n) is 5.67. The van der Waals surface area contributed by atoms with Gasteiger partial charge in [0.25, 0.3) is 0 Å². The van der Waals surface area contributed by atoms with Crippen LogP contribution < -0.4 is 5.14 Å². The van der Waals surface area contributed by atoms with E-state index in [-0.39, 0.29) is 23.8 Å². The third-order valence-electron chi connectivity index (χ3n) is 2.29. The number of hydrogen-bond donors (Lipinski definition) is 2. The molecule has 0 aliphatic carbocycles. The van der Waals surface area contributed by atoms with Crippen LogP contribution in [0, 0.1) is 0 Å². The Balaban J connectivity index is 3.04. The number of sulfonamides is 1. The first-order valence-corrected chi connectivity index (χ1v) is 7.22. The Bertz CT molecular complexity index is 537. The van der Waals surface area contributed by atoms with Crippen LogP contribution in [0.25, 0.3) is 0 Å². The van der Waals surface area contributed by atoms with Crippen molar-refractivity contribution in [3.05, 3.63) is 11.4 Å². The maximum absolute atomic E-state index is 11.7. The Kier molecular flexibility index (Phi) is 5.45.